The summed E-state index contributed by atoms with van der Waals surface area (Å²) in [4.78, 5) is 27.5. The minimum absolute atomic E-state index is 0.154. The zero-order valence-electron chi connectivity index (χ0n) is 9.58. The fourth-order valence-corrected chi connectivity index (χ4v) is 2.37. The number of aromatic nitrogens is 1. The Labute approximate surface area is 108 Å². The molecular formula is C13H9ClN2O2. The molecule has 0 aliphatic carbocycles. The van der Waals surface area contributed by atoms with Crippen molar-refractivity contribution in [3.63, 3.8) is 0 Å². The third-order valence-corrected chi connectivity index (χ3v) is 3.36. The van der Waals surface area contributed by atoms with Crippen molar-refractivity contribution in [2.24, 2.45) is 0 Å². The van der Waals surface area contributed by atoms with Crippen LogP contribution >= 0.6 is 11.6 Å². The number of pyridine rings is 1. The van der Waals surface area contributed by atoms with E-state index in [9.17, 15) is 9.59 Å². The van der Waals surface area contributed by atoms with Gasteiger partial charge in [-0.15, -0.1) is 0 Å². The Morgan fingerprint density at radius 1 is 1.33 bits per heavy atom. The lowest BCUT2D eigenvalue weighted by Gasteiger charge is -2.06. The molecule has 0 unspecified atom stereocenters. The number of nitrogens with zero attached hydrogens (tertiary/aromatic N) is 1. The van der Waals surface area contributed by atoms with Gasteiger partial charge in [0.1, 0.15) is 0 Å². The van der Waals surface area contributed by atoms with Crippen molar-refractivity contribution in [3.05, 3.63) is 34.5 Å². The first kappa shape index (κ1) is 11.2. The summed E-state index contributed by atoms with van der Waals surface area (Å²) < 4.78 is 0. The third kappa shape index (κ3) is 1.42. The van der Waals surface area contributed by atoms with Gasteiger partial charge in [-0.2, -0.15) is 0 Å². The molecule has 0 fully saturated rings. The number of fused-ring (bicyclic) bond motifs is 3. The zero-order valence-corrected chi connectivity index (χ0v) is 10.3. The van der Waals surface area contributed by atoms with Gasteiger partial charge in [-0.1, -0.05) is 24.6 Å². The van der Waals surface area contributed by atoms with Gasteiger partial charge in [-0.05, 0) is 24.1 Å². The van der Waals surface area contributed by atoms with Crippen molar-refractivity contribution in [3.8, 4) is 0 Å². The second-order valence-corrected chi connectivity index (χ2v) is 4.50. The van der Waals surface area contributed by atoms with Crippen molar-refractivity contribution in [1.82, 2.24) is 4.98 Å². The number of hydrogen-bond acceptors (Lipinski definition) is 3. The highest BCUT2D eigenvalue weighted by atomic mass is 35.5. The lowest BCUT2D eigenvalue weighted by molar-refractivity contribution is -0.112. The lowest BCUT2D eigenvalue weighted by atomic mass is 10.0. The number of amides is 1. The molecular weight excluding hydrogens is 252 g/mol. The first-order valence-electron chi connectivity index (χ1n) is 5.59. The van der Waals surface area contributed by atoms with E-state index in [0.717, 1.165) is 12.0 Å². The van der Waals surface area contributed by atoms with Crippen molar-refractivity contribution in [1.29, 1.82) is 0 Å². The molecule has 1 aromatic heterocycles. The van der Waals surface area contributed by atoms with E-state index >= 15 is 0 Å². The summed E-state index contributed by atoms with van der Waals surface area (Å²) in [5.41, 5.74) is 2.37. The fraction of sp³-hybridized carbons (Fsp3) is 0.154. The van der Waals surface area contributed by atoms with Crippen LogP contribution in [0.5, 0.6) is 0 Å². The maximum Gasteiger partial charge on any atom is 0.296 e. The number of ketones is 1. The van der Waals surface area contributed by atoms with Crippen LogP contribution in [-0.4, -0.2) is 16.7 Å². The normalized spacial score (nSPS) is 13.9. The van der Waals surface area contributed by atoms with Gasteiger partial charge < -0.3 is 5.32 Å². The lowest BCUT2D eigenvalue weighted by Crippen LogP contribution is -2.12. The number of carbonyl (C=O) groups excluding carboxylic acids is 2. The SMILES string of the molecule is CCc1ccc2nc(Cl)c3c(c2c1)C(=O)C(=O)N3. The quantitative estimate of drug-likeness (QED) is 0.633. The monoisotopic (exact) mass is 260 g/mol. The minimum atomic E-state index is -0.650. The first-order chi connectivity index (χ1) is 8.61. The highest BCUT2D eigenvalue weighted by Gasteiger charge is 2.32. The Hall–Kier alpha value is -1.94. The zero-order chi connectivity index (χ0) is 12.9. The van der Waals surface area contributed by atoms with Crippen LogP contribution in [0.4, 0.5) is 5.69 Å². The van der Waals surface area contributed by atoms with Crippen LogP contribution in [0.1, 0.15) is 22.8 Å². The van der Waals surface area contributed by atoms with Crippen molar-refractivity contribution in [2.75, 3.05) is 5.32 Å². The van der Waals surface area contributed by atoms with Crippen LogP contribution in [0, 0.1) is 0 Å². The summed E-state index contributed by atoms with van der Waals surface area (Å²) in [5, 5.41) is 3.29. The van der Waals surface area contributed by atoms with E-state index < -0.39 is 11.7 Å². The van der Waals surface area contributed by atoms with Gasteiger partial charge in [-0.3, -0.25) is 9.59 Å². The van der Waals surface area contributed by atoms with E-state index in [2.05, 4.69) is 10.3 Å². The molecule has 0 saturated heterocycles. The maximum absolute atomic E-state index is 11.9. The van der Waals surface area contributed by atoms with Crippen molar-refractivity contribution < 1.29 is 9.59 Å². The molecule has 5 heteroatoms. The molecule has 1 aromatic carbocycles. The van der Waals surface area contributed by atoms with Gasteiger partial charge in [0.15, 0.2) is 5.15 Å². The van der Waals surface area contributed by atoms with Crippen molar-refractivity contribution in [2.45, 2.75) is 13.3 Å². The van der Waals surface area contributed by atoms with Gasteiger partial charge in [0.25, 0.3) is 11.7 Å². The summed E-state index contributed by atoms with van der Waals surface area (Å²) in [6, 6.07) is 5.64. The number of aryl methyl sites for hydroxylation is 1. The highest BCUT2D eigenvalue weighted by molar-refractivity contribution is 6.55. The van der Waals surface area contributed by atoms with Crippen LogP contribution in [0.15, 0.2) is 18.2 Å². The maximum atomic E-state index is 11.9. The number of anilines is 1. The molecule has 2 heterocycles. The number of nitrogens with one attached hydrogen (secondary N) is 1. The number of benzene rings is 1. The third-order valence-electron chi connectivity index (χ3n) is 3.09. The molecule has 1 N–H and O–H groups in total. The number of carbonyl (C=O) groups is 2. The molecule has 3 rings (SSSR count). The number of rotatable bonds is 1. The molecule has 90 valence electrons. The summed E-state index contributed by atoms with van der Waals surface area (Å²) >= 11 is 5.97. The Morgan fingerprint density at radius 2 is 2.11 bits per heavy atom. The first-order valence-corrected chi connectivity index (χ1v) is 5.97. The summed E-state index contributed by atoms with van der Waals surface area (Å²) in [5.74, 6) is -1.20. The second kappa shape index (κ2) is 3.78. The highest BCUT2D eigenvalue weighted by Crippen LogP contribution is 2.35. The average Bonchev–Trinajstić information content (AvgIpc) is 2.67. The van der Waals surface area contributed by atoms with Crippen LogP contribution in [0.2, 0.25) is 5.15 Å². The molecule has 1 aliphatic heterocycles. The van der Waals surface area contributed by atoms with Crippen molar-refractivity contribution >= 4 is 39.9 Å². The van der Waals surface area contributed by atoms with E-state index in [4.69, 9.17) is 11.6 Å². The van der Waals surface area contributed by atoms with E-state index in [-0.39, 0.29) is 5.15 Å². The molecule has 0 bridgehead atoms. The predicted molar refractivity (Wildman–Crippen MR) is 69.1 cm³/mol. The van der Waals surface area contributed by atoms with Crippen LogP contribution < -0.4 is 5.32 Å². The van der Waals surface area contributed by atoms with Crippen LogP contribution in [0.25, 0.3) is 10.9 Å². The van der Waals surface area contributed by atoms with Gasteiger partial charge in [-0.25, -0.2) is 4.98 Å². The smallest absolute Gasteiger partial charge is 0.296 e. The van der Waals surface area contributed by atoms with Crippen LogP contribution in [0.3, 0.4) is 0 Å². The summed E-state index contributed by atoms with van der Waals surface area (Å²) in [6.45, 7) is 2.02. The molecule has 0 radical (unpaired) electrons. The Morgan fingerprint density at radius 3 is 2.83 bits per heavy atom. The largest absolute Gasteiger partial charge is 0.316 e. The molecule has 0 saturated carbocycles. The average molecular weight is 261 g/mol. The van der Waals surface area contributed by atoms with Gasteiger partial charge in [0, 0.05) is 5.39 Å². The molecule has 0 spiro atoms. The molecule has 18 heavy (non-hydrogen) atoms. The molecule has 4 nitrogen and oxygen atoms in total. The minimum Gasteiger partial charge on any atom is -0.316 e. The van der Waals surface area contributed by atoms with Gasteiger partial charge in [0.05, 0.1) is 16.8 Å². The molecule has 0 atom stereocenters. The summed E-state index contributed by atoms with van der Waals surface area (Å²) in [7, 11) is 0. The second-order valence-electron chi connectivity index (χ2n) is 4.14. The number of hydrogen-bond donors (Lipinski definition) is 1. The molecule has 1 amide bonds. The van der Waals surface area contributed by atoms with E-state index in [1.165, 1.54) is 0 Å². The Balaban J connectivity index is 2.42. The van der Waals surface area contributed by atoms with E-state index in [0.29, 0.717) is 22.2 Å². The molecule has 2 aromatic rings. The van der Waals surface area contributed by atoms with E-state index in [1.807, 2.05) is 25.1 Å². The fourth-order valence-electron chi connectivity index (χ4n) is 2.13. The van der Waals surface area contributed by atoms with Crippen LogP contribution in [-0.2, 0) is 11.2 Å². The predicted octanol–water partition coefficient (Wildman–Crippen LogP) is 2.59. The number of halogens is 1. The Kier molecular flexibility index (Phi) is 2.35. The van der Waals surface area contributed by atoms with Gasteiger partial charge >= 0.3 is 0 Å². The standard InChI is InChI=1S/C13H9ClN2O2/c1-2-6-3-4-8-7(5-6)9-10(12(14)15-8)16-13(18)11(9)17/h3-5H,2H2,1H3,(H,16,17,18). The number of Topliss-reactive ketones (excluding diaryl/α,β-unsaturated/α-hetero) is 1. The Bertz CT molecular complexity index is 710. The summed E-state index contributed by atoms with van der Waals surface area (Å²) in [6.07, 6.45) is 0.850. The molecule has 1 aliphatic rings. The van der Waals surface area contributed by atoms with E-state index in [1.54, 1.807) is 0 Å². The topological polar surface area (TPSA) is 59.1 Å². The van der Waals surface area contributed by atoms with Gasteiger partial charge in [0.2, 0.25) is 0 Å².